The summed E-state index contributed by atoms with van der Waals surface area (Å²) in [4.78, 5) is 0. The Morgan fingerprint density at radius 2 is 2.29 bits per heavy atom. The maximum absolute atomic E-state index is 8.36. The molecule has 3 nitrogen and oxygen atoms in total. The molecular formula is C11H20N2O. The molecule has 1 fully saturated rings. The highest BCUT2D eigenvalue weighted by Crippen LogP contribution is 2.48. The quantitative estimate of drug-likeness (QED) is 0.601. The molecule has 0 aromatic carbocycles. The summed E-state index contributed by atoms with van der Waals surface area (Å²) < 4.78 is 5.09. The molecule has 0 bridgehead atoms. The highest BCUT2D eigenvalue weighted by atomic mass is 16.5. The highest BCUT2D eigenvalue weighted by molar-refractivity contribution is 4.94. The summed E-state index contributed by atoms with van der Waals surface area (Å²) in [5, 5.41) is 11.8. The lowest BCUT2D eigenvalue weighted by Crippen LogP contribution is -2.25. The van der Waals surface area contributed by atoms with Gasteiger partial charge in [-0.3, -0.25) is 0 Å². The Kier molecular flexibility index (Phi) is 4.92. The Balaban J connectivity index is 1.98. The predicted molar refractivity (Wildman–Crippen MR) is 55.9 cm³/mol. The Hall–Kier alpha value is -0.590. The summed E-state index contributed by atoms with van der Waals surface area (Å²) in [6, 6.07) is 2.16. The summed E-state index contributed by atoms with van der Waals surface area (Å²) in [7, 11) is 1.76. The summed E-state index contributed by atoms with van der Waals surface area (Å²) in [6.07, 6.45) is 5.48. The monoisotopic (exact) mass is 196 g/mol. The fourth-order valence-electron chi connectivity index (χ4n) is 1.66. The maximum atomic E-state index is 8.36. The molecule has 0 atom stereocenters. The zero-order valence-corrected chi connectivity index (χ0v) is 9.01. The topological polar surface area (TPSA) is 45.0 Å². The van der Waals surface area contributed by atoms with E-state index in [0.717, 1.165) is 26.1 Å². The largest absolute Gasteiger partial charge is 0.385 e. The van der Waals surface area contributed by atoms with E-state index in [0.29, 0.717) is 11.8 Å². The smallest absolute Gasteiger partial charge is 0.0622 e. The molecule has 0 heterocycles. The Morgan fingerprint density at radius 3 is 2.86 bits per heavy atom. The molecule has 1 aliphatic rings. The van der Waals surface area contributed by atoms with Crippen LogP contribution >= 0.6 is 0 Å². The molecule has 1 N–H and O–H groups in total. The Bertz CT molecular complexity index is 194. The number of ether oxygens (including phenoxy) is 1. The molecule has 0 aromatic heterocycles. The lowest BCUT2D eigenvalue weighted by atomic mass is 10.0. The molecule has 0 saturated heterocycles. The van der Waals surface area contributed by atoms with Crippen LogP contribution in [-0.4, -0.2) is 26.8 Å². The molecular weight excluding hydrogens is 176 g/mol. The van der Waals surface area contributed by atoms with Crippen molar-refractivity contribution in [3.05, 3.63) is 0 Å². The van der Waals surface area contributed by atoms with Gasteiger partial charge in [0, 0.05) is 26.7 Å². The van der Waals surface area contributed by atoms with E-state index in [1.54, 1.807) is 7.11 Å². The first-order valence-corrected chi connectivity index (χ1v) is 5.40. The summed E-state index contributed by atoms with van der Waals surface area (Å²) >= 11 is 0. The van der Waals surface area contributed by atoms with Gasteiger partial charge in [0.2, 0.25) is 0 Å². The Labute approximate surface area is 86.4 Å². The van der Waals surface area contributed by atoms with E-state index in [9.17, 15) is 0 Å². The van der Waals surface area contributed by atoms with E-state index in [-0.39, 0.29) is 0 Å². The van der Waals surface area contributed by atoms with Gasteiger partial charge in [-0.25, -0.2) is 0 Å². The zero-order valence-electron chi connectivity index (χ0n) is 9.01. The van der Waals surface area contributed by atoms with Gasteiger partial charge in [-0.1, -0.05) is 0 Å². The number of unbranched alkanes of at least 4 members (excludes halogenated alkanes) is 1. The van der Waals surface area contributed by atoms with Gasteiger partial charge in [-0.15, -0.1) is 0 Å². The van der Waals surface area contributed by atoms with Crippen LogP contribution in [0.15, 0.2) is 0 Å². The second-order valence-electron chi connectivity index (χ2n) is 4.18. The minimum atomic E-state index is 0.530. The average Bonchev–Trinajstić information content (AvgIpc) is 2.96. The second-order valence-corrected chi connectivity index (χ2v) is 4.18. The van der Waals surface area contributed by atoms with Crippen molar-refractivity contribution in [2.75, 3.05) is 26.8 Å². The van der Waals surface area contributed by atoms with Crippen LogP contribution in [0.2, 0.25) is 0 Å². The summed E-state index contributed by atoms with van der Waals surface area (Å²) in [6.45, 7) is 2.95. The molecule has 3 heteroatoms. The highest BCUT2D eigenvalue weighted by Gasteiger charge is 2.41. The number of nitrogens with one attached hydrogen (secondary N) is 1. The van der Waals surface area contributed by atoms with E-state index in [2.05, 4.69) is 11.4 Å². The van der Waals surface area contributed by atoms with E-state index in [1.165, 1.54) is 19.3 Å². The van der Waals surface area contributed by atoms with Gasteiger partial charge in [-0.05, 0) is 37.6 Å². The third kappa shape index (κ3) is 4.08. The van der Waals surface area contributed by atoms with Crippen LogP contribution in [0.5, 0.6) is 0 Å². The standard InChI is InChI=1S/C11H20N2O/c1-14-9-6-11(4-5-11)10-13-8-3-2-7-12/h13H,2-6,8-10H2,1H3. The third-order valence-corrected chi connectivity index (χ3v) is 2.94. The van der Waals surface area contributed by atoms with E-state index >= 15 is 0 Å². The molecule has 0 spiro atoms. The van der Waals surface area contributed by atoms with Crippen LogP contribution in [-0.2, 0) is 4.74 Å². The lowest BCUT2D eigenvalue weighted by Gasteiger charge is -2.14. The molecule has 80 valence electrons. The van der Waals surface area contributed by atoms with E-state index in [4.69, 9.17) is 10.00 Å². The van der Waals surface area contributed by atoms with Gasteiger partial charge >= 0.3 is 0 Å². The fourth-order valence-corrected chi connectivity index (χ4v) is 1.66. The molecule has 0 aliphatic heterocycles. The van der Waals surface area contributed by atoms with Gasteiger partial charge in [0.15, 0.2) is 0 Å². The van der Waals surface area contributed by atoms with Crippen molar-refractivity contribution in [1.82, 2.24) is 5.32 Å². The van der Waals surface area contributed by atoms with Crippen LogP contribution < -0.4 is 5.32 Å². The number of hydrogen-bond acceptors (Lipinski definition) is 3. The SMILES string of the molecule is COCCC1(CNCCCC#N)CC1. The van der Waals surface area contributed by atoms with Crippen LogP contribution in [0, 0.1) is 16.7 Å². The van der Waals surface area contributed by atoms with Crippen LogP contribution in [0.3, 0.4) is 0 Å². The van der Waals surface area contributed by atoms with Crippen molar-refractivity contribution in [3.63, 3.8) is 0 Å². The average molecular weight is 196 g/mol. The third-order valence-electron chi connectivity index (χ3n) is 2.94. The van der Waals surface area contributed by atoms with Crippen molar-refractivity contribution in [2.45, 2.75) is 32.1 Å². The molecule has 0 unspecified atom stereocenters. The van der Waals surface area contributed by atoms with Gasteiger partial charge in [0.05, 0.1) is 6.07 Å². The van der Waals surface area contributed by atoms with Gasteiger partial charge in [0.25, 0.3) is 0 Å². The van der Waals surface area contributed by atoms with E-state index < -0.39 is 0 Å². The van der Waals surface area contributed by atoms with Crippen LogP contribution in [0.25, 0.3) is 0 Å². The maximum Gasteiger partial charge on any atom is 0.0622 e. The van der Waals surface area contributed by atoms with Crippen LogP contribution in [0.4, 0.5) is 0 Å². The zero-order chi connectivity index (χ0) is 10.3. The van der Waals surface area contributed by atoms with Gasteiger partial charge < -0.3 is 10.1 Å². The molecule has 1 saturated carbocycles. The number of methoxy groups -OCH3 is 1. The normalized spacial score (nSPS) is 17.7. The molecule has 14 heavy (non-hydrogen) atoms. The van der Waals surface area contributed by atoms with Crippen molar-refractivity contribution in [2.24, 2.45) is 5.41 Å². The fraction of sp³-hybridized carbons (Fsp3) is 0.909. The summed E-state index contributed by atoms with van der Waals surface area (Å²) in [5.41, 5.74) is 0.530. The van der Waals surface area contributed by atoms with Gasteiger partial charge in [0.1, 0.15) is 0 Å². The Morgan fingerprint density at radius 1 is 1.50 bits per heavy atom. The van der Waals surface area contributed by atoms with Crippen molar-refractivity contribution < 1.29 is 4.74 Å². The minimum Gasteiger partial charge on any atom is -0.385 e. The number of nitrogens with zero attached hydrogens (tertiary/aromatic N) is 1. The minimum absolute atomic E-state index is 0.530. The number of nitriles is 1. The first-order chi connectivity index (χ1) is 6.83. The first-order valence-electron chi connectivity index (χ1n) is 5.40. The molecule has 1 aliphatic carbocycles. The molecule has 0 amide bonds. The first kappa shape index (κ1) is 11.5. The number of hydrogen-bond donors (Lipinski definition) is 1. The van der Waals surface area contributed by atoms with Gasteiger partial charge in [-0.2, -0.15) is 5.26 Å². The molecule has 0 aromatic rings. The lowest BCUT2D eigenvalue weighted by molar-refractivity contribution is 0.171. The molecule has 1 rings (SSSR count). The summed E-state index contributed by atoms with van der Waals surface area (Å²) in [5.74, 6) is 0. The predicted octanol–water partition coefficient (Wildman–Crippen LogP) is 1.70. The van der Waals surface area contributed by atoms with E-state index in [1.807, 2.05) is 0 Å². The second kappa shape index (κ2) is 6.00. The van der Waals surface area contributed by atoms with Crippen molar-refractivity contribution in [1.29, 1.82) is 5.26 Å². The number of rotatable bonds is 8. The van der Waals surface area contributed by atoms with Crippen LogP contribution in [0.1, 0.15) is 32.1 Å². The molecule has 0 radical (unpaired) electrons. The van der Waals surface area contributed by atoms with Crippen molar-refractivity contribution in [3.8, 4) is 6.07 Å². The van der Waals surface area contributed by atoms with Crippen molar-refractivity contribution >= 4 is 0 Å².